The van der Waals surface area contributed by atoms with Crippen LogP contribution >= 0.6 is 23.2 Å². The zero-order valence-electron chi connectivity index (χ0n) is 14.4. The summed E-state index contributed by atoms with van der Waals surface area (Å²) in [6, 6.07) is 6.98. The smallest absolute Gasteiger partial charge is 0.230 e. The highest BCUT2D eigenvalue weighted by atomic mass is 35.5. The predicted octanol–water partition coefficient (Wildman–Crippen LogP) is 3.60. The molecule has 1 saturated heterocycles. The van der Waals surface area contributed by atoms with Crippen LogP contribution in [0.1, 0.15) is 24.6 Å². The van der Waals surface area contributed by atoms with E-state index in [1.165, 1.54) is 0 Å². The van der Waals surface area contributed by atoms with E-state index in [-0.39, 0.29) is 5.95 Å². The van der Waals surface area contributed by atoms with Gasteiger partial charge in [0.05, 0.1) is 5.02 Å². The molecule has 3 heterocycles. The van der Waals surface area contributed by atoms with Crippen molar-refractivity contribution in [1.82, 2.24) is 24.9 Å². The highest BCUT2D eigenvalue weighted by Crippen LogP contribution is 2.31. The Bertz CT molecular complexity index is 944. The van der Waals surface area contributed by atoms with Gasteiger partial charge in [0.25, 0.3) is 0 Å². The number of nitrogen functional groups attached to an aromatic ring is 1. The number of nitrogens with zero attached hydrogens (tertiary/aromatic N) is 6. The van der Waals surface area contributed by atoms with Crippen LogP contribution in [0.5, 0.6) is 0 Å². The lowest BCUT2D eigenvalue weighted by Gasteiger charge is -2.31. The summed E-state index contributed by atoms with van der Waals surface area (Å²) in [5.41, 5.74) is 6.56. The molecule has 7 nitrogen and oxygen atoms in total. The minimum atomic E-state index is 0.152. The second-order valence-corrected chi connectivity index (χ2v) is 7.15. The lowest BCUT2D eigenvalue weighted by molar-refractivity contribution is 0.480. The van der Waals surface area contributed by atoms with Gasteiger partial charge in [-0.25, -0.2) is 9.97 Å². The number of hydrogen-bond acceptors (Lipinski definition) is 7. The van der Waals surface area contributed by atoms with Crippen LogP contribution in [-0.4, -0.2) is 38.0 Å². The van der Waals surface area contributed by atoms with Gasteiger partial charge in [0.15, 0.2) is 5.82 Å². The van der Waals surface area contributed by atoms with E-state index in [0.29, 0.717) is 33.3 Å². The van der Waals surface area contributed by atoms with Crippen LogP contribution in [0.3, 0.4) is 0 Å². The number of hydrogen-bond donors (Lipinski definition) is 1. The molecule has 4 rings (SSSR count). The first-order valence-corrected chi connectivity index (χ1v) is 9.34. The van der Waals surface area contributed by atoms with E-state index < -0.39 is 0 Å². The van der Waals surface area contributed by atoms with Crippen molar-refractivity contribution in [2.24, 2.45) is 0 Å². The summed E-state index contributed by atoms with van der Waals surface area (Å²) in [4.78, 5) is 23.9. The Morgan fingerprint density at radius 3 is 2.48 bits per heavy atom. The lowest BCUT2D eigenvalue weighted by atomic mass is 9.96. The number of anilines is 2. The average molecular weight is 402 g/mol. The van der Waals surface area contributed by atoms with Crippen LogP contribution in [0, 0.1) is 0 Å². The molecule has 0 spiro atoms. The van der Waals surface area contributed by atoms with Gasteiger partial charge in [0, 0.05) is 42.0 Å². The van der Waals surface area contributed by atoms with Crippen molar-refractivity contribution < 1.29 is 0 Å². The molecule has 0 atom stereocenters. The maximum absolute atomic E-state index is 6.28. The molecule has 0 amide bonds. The quantitative estimate of drug-likeness (QED) is 0.715. The molecule has 0 aliphatic carbocycles. The van der Waals surface area contributed by atoms with Gasteiger partial charge < -0.3 is 10.6 Å². The van der Waals surface area contributed by atoms with E-state index in [9.17, 15) is 0 Å². The van der Waals surface area contributed by atoms with Crippen LogP contribution in [0.15, 0.2) is 36.7 Å². The molecule has 0 radical (unpaired) electrons. The maximum atomic E-state index is 6.28. The zero-order valence-corrected chi connectivity index (χ0v) is 15.9. The van der Waals surface area contributed by atoms with Crippen molar-refractivity contribution in [3.8, 4) is 11.4 Å². The third kappa shape index (κ3) is 3.94. The summed E-state index contributed by atoms with van der Waals surface area (Å²) < 4.78 is 0. The molecule has 3 aromatic rings. The summed E-state index contributed by atoms with van der Waals surface area (Å²) >= 11 is 12.4. The number of aromatic nitrogens is 5. The molecule has 1 aliphatic heterocycles. The predicted molar refractivity (Wildman–Crippen MR) is 106 cm³/mol. The highest BCUT2D eigenvalue weighted by Gasteiger charge is 2.25. The van der Waals surface area contributed by atoms with Gasteiger partial charge in [0.2, 0.25) is 11.9 Å². The van der Waals surface area contributed by atoms with Crippen molar-refractivity contribution in [2.45, 2.75) is 18.8 Å². The second kappa shape index (κ2) is 7.62. The summed E-state index contributed by atoms with van der Waals surface area (Å²) in [6.07, 6.45) is 5.40. The standard InChI is InChI=1S/C18H17Cl2N7/c19-12-2-3-14(20)13(10-12)16-24-17(21)26-18(25-16)27-8-4-11(5-9-27)15-22-6-1-7-23-15/h1-3,6-7,10-11H,4-5,8-9H2,(H2,21,24,25,26). The molecule has 2 N–H and O–H groups in total. The van der Waals surface area contributed by atoms with Gasteiger partial charge in [-0.15, -0.1) is 0 Å². The monoisotopic (exact) mass is 401 g/mol. The van der Waals surface area contributed by atoms with E-state index in [1.807, 2.05) is 6.07 Å². The first kappa shape index (κ1) is 17.9. The lowest BCUT2D eigenvalue weighted by Crippen LogP contribution is -2.35. The van der Waals surface area contributed by atoms with Crippen molar-refractivity contribution in [3.05, 3.63) is 52.5 Å². The van der Waals surface area contributed by atoms with E-state index in [1.54, 1.807) is 30.6 Å². The first-order chi connectivity index (χ1) is 13.1. The summed E-state index contributed by atoms with van der Waals surface area (Å²) in [6.45, 7) is 1.57. The molecule has 2 aromatic heterocycles. The first-order valence-electron chi connectivity index (χ1n) is 8.59. The molecule has 0 unspecified atom stereocenters. The van der Waals surface area contributed by atoms with Crippen LogP contribution in [0.2, 0.25) is 10.0 Å². The fourth-order valence-corrected chi connectivity index (χ4v) is 3.54. The average Bonchev–Trinajstić information content (AvgIpc) is 2.70. The topological polar surface area (TPSA) is 93.7 Å². The number of benzene rings is 1. The van der Waals surface area contributed by atoms with E-state index in [4.69, 9.17) is 28.9 Å². The number of rotatable bonds is 3. The van der Waals surface area contributed by atoms with Crippen molar-refractivity contribution in [1.29, 1.82) is 0 Å². The molecular formula is C18H17Cl2N7. The normalized spacial score (nSPS) is 15.1. The number of piperidine rings is 1. The molecule has 1 aromatic carbocycles. The van der Waals surface area contributed by atoms with Gasteiger partial charge in [-0.2, -0.15) is 15.0 Å². The van der Waals surface area contributed by atoms with Gasteiger partial charge in [-0.3, -0.25) is 0 Å². The molecule has 1 aliphatic rings. The Hall–Kier alpha value is -2.51. The maximum Gasteiger partial charge on any atom is 0.230 e. The Balaban J connectivity index is 1.57. The fraction of sp³-hybridized carbons (Fsp3) is 0.278. The van der Waals surface area contributed by atoms with Gasteiger partial charge >= 0.3 is 0 Å². The number of halogens is 2. The van der Waals surface area contributed by atoms with E-state index in [2.05, 4.69) is 29.8 Å². The largest absolute Gasteiger partial charge is 0.368 e. The van der Waals surface area contributed by atoms with Crippen molar-refractivity contribution in [3.63, 3.8) is 0 Å². The minimum absolute atomic E-state index is 0.152. The molecule has 9 heteroatoms. The zero-order chi connectivity index (χ0) is 18.8. The highest BCUT2D eigenvalue weighted by molar-refractivity contribution is 6.35. The Morgan fingerprint density at radius 2 is 1.74 bits per heavy atom. The summed E-state index contributed by atoms with van der Waals surface area (Å²) in [5, 5.41) is 1.06. The van der Waals surface area contributed by atoms with E-state index >= 15 is 0 Å². The number of nitrogens with two attached hydrogens (primary N) is 1. The summed E-state index contributed by atoms with van der Waals surface area (Å²) in [7, 11) is 0. The van der Waals surface area contributed by atoms with Crippen LogP contribution in [0.4, 0.5) is 11.9 Å². The third-order valence-corrected chi connectivity index (χ3v) is 5.10. The fourth-order valence-electron chi connectivity index (χ4n) is 3.17. The summed E-state index contributed by atoms with van der Waals surface area (Å²) in [5.74, 6) is 2.33. The van der Waals surface area contributed by atoms with Crippen LogP contribution in [0.25, 0.3) is 11.4 Å². The molecule has 1 fully saturated rings. The SMILES string of the molecule is Nc1nc(-c2cc(Cl)ccc2Cl)nc(N2CCC(c3ncccn3)CC2)n1. The Morgan fingerprint density at radius 1 is 1.00 bits per heavy atom. The van der Waals surface area contributed by atoms with Gasteiger partial charge in [-0.05, 0) is 37.1 Å². The van der Waals surface area contributed by atoms with Crippen molar-refractivity contribution >= 4 is 35.1 Å². The third-order valence-electron chi connectivity index (χ3n) is 4.54. The van der Waals surface area contributed by atoms with Crippen molar-refractivity contribution in [2.75, 3.05) is 23.7 Å². The molecule has 27 heavy (non-hydrogen) atoms. The van der Waals surface area contributed by atoms with E-state index in [0.717, 1.165) is 31.8 Å². The molecule has 138 valence electrons. The second-order valence-electron chi connectivity index (χ2n) is 6.31. The Kier molecular flexibility index (Phi) is 5.05. The Labute approximate surface area is 166 Å². The molecule has 0 bridgehead atoms. The minimum Gasteiger partial charge on any atom is -0.368 e. The van der Waals surface area contributed by atoms with Crippen LogP contribution < -0.4 is 10.6 Å². The molecule has 0 saturated carbocycles. The van der Waals surface area contributed by atoms with Gasteiger partial charge in [0.1, 0.15) is 5.82 Å². The van der Waals surface area contributed by atoms with Crippen LogP contribution in [-0.2, 0) is 0 Å². The molecular weight excluding hydrogens is 385 g/mol. The van der Waals surface area contributed by atoms with Gasteiger partial charge in [-0.1, -0.05) is 23.2 Å².